The first-order chi connectivity index (χ1) is 21.2. The summed E-state index contributed by atoms with van der Waals surface area (Å²) in [6.45, 7) is 6.20. The topological polar surface area (TPSA) is 102 Å². The van der Waals surface area contributed by atoms with Crippen molar-refractivity contribution in [2.75, 3.05) is 35.9 Å². The van der Waals surface area contributed by atoms with Crippen LogP contribution < -0.4 is 19.1 Å². The third-order valence-corrected chi connectivity index (χ3v) is 11.2. The number of hydrogen-bond acceptors (Lipinski definition) is 7. The summed E-state index contributed by atoms with van der Waals surface area (Å²) in [4.78, 5) is 0.269. The summed E-state index contributed by atoms with van der Waals surface area (Å²) in [6, 6.07) is 19.7. The van der Waals surface area contributed by atoms with E-state index < -0.39 is 19.1 Å². The van der Waals surface area contributed by atoms with Crippen LogP contribution in [-0.2, 0) is 19.1 Å². The van der Waals surface area contributed by atoms with E-state index >= 15 is 0 Å². The number of nitrogens with one attached hydrogen (secondary N) is 1. The number of benzene rings is 4. The Bertz CT molecular complexity index is 1890. The maximum absolute atomic E-state index is 12.9. The average molecular weight is 842 g/mol. The standard InChI is InChI=1S/C15H13BrClNO3S.C9H10BrNO.C6H4Cl2O2S/c1-10-8-13(16)15-14(9-10)18(6-7-21-15)22(19,20)12-4-2-11(17)3-5-12;1-6-4-7(10)9-8(5-6)11-2-3-12-9;7-5-1-3-6(4-2-5)11(8,9)10/h2-5,8-9H,6-7H2,1H3;4-5,11H,2-3H2,1H3;1-4H. The molecule has 1 N–H and O–H groups in total. The zero-order chi connectivity index (χ0) is 32.9. The van der Waals surface area contributed by atoms with E-state index in [0.717, 1.165) is 39.1 Å². The van der Waals surface area contributed by atoms with Crippen molar-refractivity contribution < 1.29 is 26.3 Å². The molecule has 2 heterocycles. The summed E-state index contributed by atoms with van der Waals surface area (Å²) in [7, 11) is -2.22. The molecule has 0 amide bonds. The number of anilines is 2. The molecule has 0 saturated heterocycles. The van der Waals surface area contributed by atoms with Crippen LogP contribution in [0.25, 0.3) is 0 Å². The van der Waals surface area contributed by atoms with E-state index in [0.29, 0.717) is 28.1 Å². The van der Waals surface area contributed by atoms with Crippen molar-refractivity contribution in [1.29, 1.82) is 0 Å². The molecule has 4 aromatic rings. The average Bonchev–Trinajstić information content (AvgIpc) is 2.97. The van der Waals surface area contributed by atoms with Crippen molar-refractivity contribution in [2.45, 2.75) is 23.6 Å². The first-order valence-corrected chi connectivity index (χ1v) is 19.3. The predicted molar refractivity (Wildman–Crippen MR) is 188 cm³/mol. The van der Waals surface area contributed by atoms with Crippen LogP contribution in [0.2, 0.25) is 10.0 Å². The summed E-state index contributed by atoms with van der Waals surface area (Å²) >= 11 is 18.3. The number of aryl methyl sites for hydroxylation is 2. The Hall–Kier alpha value is -2.19. The number of hydrogen-bond donors (Lipinski definition) is 1. The molecular weight excluding hydrogens is 815 g/mol. The van der Waals surface area contributed by atoms with Crippen molar-refractivity contribution in [1.82, 2.24) is 0 Å². The summed E-state index contributed by atoms with van der Waals surface area (Å²) in [6.07, 6.45) is 0. The first-order valence-electron chi connectivity index (χ1n) is 13.2. The van der Waals surface area contributed by atoms with Crippen LogP contribution in [0.15, 0.2) is 91.5 Å². The predicted octanol–water partition coefficient (Wildman–Crippen LogP) is 8.83. The Morgan fingerprint density at radius 2 is 1.24 bits per heavy atom. The smallest absolute Gasteiger partial charge is 0.264 e. The van der Waals surface area contributed by atoms with Gasteiger partial charge in [-0.1, -0.05) is 23.2 Å². The molecule has 0 atom stereocenters. The van der Waals surface area contributed by atoms with Crippen molar-refractivity contribution >= 4 is 96.2 Å². The molecule has 0 unspecified atom stereocenters. The quantitative estimate of drug-likeness (QED) is 0.206. The van der Waals surface area contributed by atoms with E-state index in [1.807, 2.05) is 19.1 Å². The highest BCUT2D eigenvalue weighted by molar-refractivity contribution is 9.11. The minimum Gasteiger partial charge on any atom is -0.488 e. The lowest BCUT2D eigenvalue weighted by Crippen LogP contribution is -2.38. The lowest BCUT2D eigenvalue weighted by Gasteiger charge is -2.31. The molecule has 0 radical (unpaired) electrons. The molecule has 2 aliphatic rings. The summed E-state index contributed by atoms with van der Waals surface area (Å²) < 4.78 is 61.4. The molecule has 0 bridgehead atoms. The maximum Gasteiger partial charge on any atom is 0.264 e. The summed E-state index contributed by atoms with van der Waals surface area (Å²) in [5, 5.41) is 4.27. The number of fused-ring (bicyclic) bond motifs is 2. The van der Waals surface area contributed by atoms with Gasteiger partial charge >= 0.3 is 0 Å². The summed E-state index contributed by atoms with van der Waals surface area (Å²) in [5.41, 5.74) is 3.83. The molecule has 0 aliphatic carbocycles. The van der Waals surface area contributed by atoms with Gasteiger partial charge in [0.2, 0.25) is 0 Å². The van der Waals surface area contributed by atoms with E-state index in [1.165, 1.54) is 46.3 Å². The molecule has 0 fully saturated rings. The monoisotopic (exact) mass is 838 g/mol. The van der Waals surface area contributed by atoms with Gasteiger partial charge in [-0.25, -0.2) is 16.8 Å². The molecule has 4 aromatic carbocycles. The maximum atomic E-state index is 12.9. The first kappa shape index (κ1) is 35.7. The lowest BCUT2D eigenvalue weighted by molar-refractivity contribution is 0.313. The van der Waals surface area contributed by atoms with Gasteiger partial charge in [-0.2, -0.15) is 0 Å². The van der Waals surface area contributed by atoms with Crippen molar-refractivity contribution in [3.8, 4) is 11.5 Å². The van der Waals surface area contributed by atoms with Crippen LogP contribution in [0.4, 0.5) is 11.4 Å². The van der Waals surface area contributed by atoms with E-state index in [4.69, 9.17) is 43.4 Å². The lowest BCUT2D eigenvalue weighted by atomic mass is 10.2. The van der Waals surface area contributed by atoms with Crippen LogP contribution >= 0.6 is 65.7 Å². The fraction of sp³-hybridized carbons (Fsp3) is 0.200. The molecule has 240 valence electrons. The fourth-order valence-corrected chi connectivity index (χ4v) is 8.15. The highest BCUT2D eigenvalue weighted by atomic mass is 79.9. The van der Waals surface area contributed by atoms with Crippen LogP contribution in [0.5, 0.6) is 11.5 Å². The molecule has 15 heteroatoms. The van der Waals surface area contributed by atoms with E-state index in [-0.39, 0.29) is 16.3 Å². The van der Waals surface area contributed by atoms with Crippen molar-refractivity contribution in [2.24, 2.45) is 0 Å². The van der Waals surface area contributed by atoms with Gasteiger partial charge in [0.25, 0.3) is 19.1 Å². The second-order valence-electron chi connectivity index (χ2n) is 9.76. The van der Waals surface area contributed by atoms with Gasteiger partial charge in [-0.3, -0.25) is 4.31 Å². The number of ether oxygens (including phenoxy) is 2. The number of rotatable bonds is 3. The minimum absolute atomic E-state index is 0.0589. The Labute approximate surface area is 294 Å². The Morgan fingerprint density at radius 3 is 1.82 bits per heavy atom. The normalized spacial score (nSPS) is 13.7. The summed E-state index contributed by atoms with van der Waals surface area (Å²) in [5.74, 6) is 1.49. The molecule has 0 spiro atoms. The van der Waals surface area contributed by atoms with Gasteiger partial charge in [-0.15, -0.1) is 0 Å². The van der Waals surface area contributed by atoms with Crippen LogP contribution in [0.1, 0.15) is 11.1 Å². The molecule has 2 aliphatic heterocycles. The number of sulfonamides is 1. The van der Waals surface area contributed by atoms with E-state index in [9.17, 15) is 16.8 Å². The highest BCUT2D eigenvalue weighted by Crippen LogP contribution is 2.41. The second kappa shape index (κ2) is 15.1. The minimum atomic E-state index is -3.65. The Balaban J connectivity index is 0.000000169. The SMILES string of the molecule is Cc1cc(Br)c2c(c1)N(S(=O)(=O)c1ccc(Cl)cc1)CCO2.Cc1cc(Br)c2c(c1)NCCO2.O=S(=O)(Cl)c1ccc(Cl)cc1. The van der Waals surface area contributed by atoms with Crippen LogP contribution in [0.3, 0.4) is 0 Å². The van der Waals surface area contributed by atoms with Gasteiger partial charge in [0.05, 0.1) is 36.7 Å². The largest absolute Gasteiger partial charge is 0.488 e. The fourth-order valence-electron chi connectivity index (χ4n) is 4.32. The van der Waals surface area contributed by atoms with E-state index in [2.05, 4.69) is 56.2 Å². The van der Waals surface area contributed by atoms with Crippen LogP contribution in [-0.4, -0.2) is 43.1 Å². The van der Waals surface area contributed by atoms with E-state index in [1.54, 1.807) is 12.1 Å². The van der Waals surface area contributed by atoms with Gasteiger partial charge in [0.1, 0.15) is 13.2 Å². The highest BCUT2D eigenvalue weighted by Gasteiger charge is 2.31. The van der Waals surface area contributed by atoms with Gasteiger partial charge in [-0.05, 0) is 130 Å². The Morgan fingerprint density at radius 1 is 0.733 bits per heavy atom. The number of nitrogens with zero attached hydrogens (tertiary/aromatic N) is 1. The molecule has 8 nitrogen and oxygen atoms in total. The Kier molecular flexibility index (Phi) is 12.0. The molecule has 6 rings (SSSR count). The van der Waals surface area contributed by atoms with Gasteiger partial charge in [0, 0.05) is 27.3 Å². The van der Waals surface area contributed by atoms with Crippen molar-refractivity contribution in [3.05, 3.63) is 103 Å². The third-order valence-electron chi connectivity index (χ3n) is 6.33. The molecular formula is C30H27Br2Cl3N2O6S2. The van der Waals surface area contributed by atoms with Gasteiger partial charge in [0.15, 0.2) is 11.5 Å². The zero-order valence-electron chi connectivity index (χ0n) is 23.9. The number of halogens is 5. The molecule has 45 heavy (non-hydrogen) atoms. The zero-order valence-corrected chi connectivity index (χ0v) is 30.9. The molecule has 0 aromatic heterocycles. The van der Waals surface area contributed by atoms with Crippen molar-refractivity contribution in [3.63, 3.8) is 0 Å². The third kappa shape index (κ3) is 9.21. The van der Waals surface area contributed by atoms with Gasteiger partial charge < -0.3 is 14.8 Å². The second-order valence-corrected chi connectivity index (χ2v) is 16.8. The molecule has 0 saturated carbocycles. The van der Waals surface area contributed by atoms with Crippen LogP contribution in [0, 0.1) is 13.8 Å².